The molecule has 6 nitrogen and oxygen atoms in total. The van der Waals surface area contributed by atoms with E-state index in [4.69, 9.17) is 14.7 Å². The van der Waals surface area contributed by atoms with Gasteiger partial charge in [0, 0.05) is 12.3 Å². The fourth-order valence-electron chi connectivity index (χ4n) is 2.58. The molecule has 144 valence electrons. The van der Waals surface area contributed by atoms with Crippen molar-refractivity contribution in [2.75, 3.05) is 26.1 Å². The van der Waals surface area contributed by atoms with Crippen LogP contribution in [-0.2, 0) is 12.2 Å². The second-order valence-corrected chi connectivity index (χ2v) is 8.00. The number of methoxy groups -OCH3 is 2. The monoisotopic (exact) mass is 412 g/mol. The van der Waals surface area contributed by atoms with Gasteiger partial charge in [0.25, 0.3) is 0 Å². The van der Waals surface area contributed by atoms with Crippen molar-refractivity contribution in [1.82, 2.24) is 10.2 Å². The molecule has 0 saturated carbocycles. The normalized spacial score (nSPS) is 10.3. The van der Waals surface area contributed by atoms with Crippen molar-refractivity contribution in [2.24, 2.45) is 0 Å². The summed E-state index contributed by atoms with van der Waals surface area (Å²) in [6.07, 6.45) is 0.831. The number of anilines is 1. The van der Waals surface area contributed by atoms with Crippen LogP contribution in [0.1, 0.15) is 16.7 Å². The molecule has 8 heteroatoms. The molecule has 1 aromatic heterocycles. The molecule has 0 saturated heterocycles. The fraction of sp³-hybridized carbons (Fsp3) is 0.250. The van der Waals surface area contributed by atoms with Crippen molar-refractivity contribution in [3.63, 3.8) is 0 Å². The Morgan fingerprint density at radius 3 is 2.71 bits per heavy atom. The van der Waals surface area contributed by atoms with E-state index >= 15 is 0 Å². The topological polar surface area (TPSA) is 80.1 Å². The summed E-state index contributed by atoms with van der Waals surface area (Å²) >= 11 is 3.10. The maximum atomic E-state index is 9.16. The first kappa shape index (κ1) is 20.0. The van der Waals surface area contributed by atoms with Crippen molar-refractivity contribution >= 4 is 28.2 Å². The van der Waals surface area contributed by atoms with Crippen LogP contribution < -0.4 is 14.8 Å². The maximum absolute atomic E-state index is 9.16. The number of ether oxygens (including phenoxy) is 2. The van der Waals surface area contributed by atoms with Crippen LogP contribution >= 0.6 is 23.1 Å². The highest BCUT2D eigenvalue weighted by Gasteiger charge is 2.08. The Bertz CT molecular complexity index is 969. The summed E-state index contributed by atoms with van der Waals surface area (Å²) in [5.74, 6) is 2.15. The molecule has 0 unspecified atom stereocenters. The van der Waals surface area contributed by atoms with E-state index in [2.05, 4.69) is 21.6 Å². The Hall–Kier alpha value is -2.76. The average molecular weight is 413 g/mol. The van der Waals surface area contributed by atoms with Crippen LogP contribution in [0.5, 0.6) is 11.5 Å². The Balaban J connectivity index is 1.50. The van der Waals surface area contributed by atoms with Crippen LogP contribution in [0.2, 0.25) is 0 Å². The van der Waals surface area contributed by atoms with Crippen molar-refractivity contribution in [3.05, 3.63) is 59.2 Å². The van der Waals surface area contributed by atoms with Gasteiger partial charge in [0.2, 0.25) is 5.13 Å². The summed E-state index contributed by atoms with van der Waals surface area (Å²) in [5, 5.41) is 21.7. The molecule has 0 atom stereocenters. The zero-order valence-corrected chi connectivity index (χ0v) is 17.3. The number of nitriles is 1. The number of hydrogen-bond acceptors (Lipinski definition) is 8. The van der Waals surface area contributed by atoms with E-state index in [1.54, 1.807) is 26.0 Å². The predicted molar refractivity (Wildman–Crippen MR) is 112 cm³/mol. The van der Waals surface area contributed by atoms with Gasteiger partial charge in [-0.05, 0) is 35.7 Å². The predicted octanol–water partition coefficient (Wildman–Crippen LogP) is 4.37. The van der Waals surface area contributed by atoms with Gasteiger partial charge in [0.05, 0.1) is 25.9 Å². The number of thioether (sulfide) groups is 1. The van der Waals surface area contributed by atoms with Crippen molar-refractivity contribution in [1.29, 1.82) is 5.26 Å². The first-order valence-electron chi connectivity index (χ1n) is 8.62. The Morgan fingerprint density at radius 2 is 1.93 bits per heavy atom. The summed E-state index contributed by atoms with van der Waals surface area (Å²) < 4.78 is 11.5. The van der Waals surface area contributed by atoms with E-state index in [1.165, 1.54) is 11.3 Å². The summed E-state index contributed by atoms with van der Waals surface area (Å²) in [5.41, 5.74) is 2.86. The molecule has 3 rings (SSSR count). The lowest BCUT2D eigenvalue weighted by Crippen LogP contribution is -2.04. The number of hydrogen-bond donors (Lipinski definition) is 1. The second kappa shape index (κ2) is 9.97. The summed E-state index contributed by atoms with van der Waals surface area (Å²) in [6.45, 7) is 0.742. The van der Waals surface area contributed by atoms with E-state index in [0.717, 1.165) is 45.1 Å². The number of rotatable bonds is 9. The lowest BCUT2D eigenvalue weighted by Gasteiger charge is -2.09. The number of nitrogens with zero attached hydrogens (tertiary/aromatic N) is 3. The van der Waals surface area contributed by atoms with Crippen LogP contribution in [0, 0.1) is 11.3 Å². The highest BCUT2D eigenvalue weighted by atomic mass is 32.2. The molecule has 0 bridgehead atoms. The maximum Gasteiger partial charge on any atom is 0.206 e. The minimum Gasteiger partial charge on any atom is -0.493 e. The molecule has 2 aromatic carbocycles. The smallest absolute Gasteiger partial charge is 0.206 e. The van der Waals surface area contributed by atoms with Crippen LogP contribution in [0.25, 0.3) is 0 Å². The minimum atomic E-state index is 0.698. The second-order valence-electron chi connectivity index (χ2n) is 5.80. The Morgan fingerprint density at radius 1 is 1.11 bits per heavy atom. The third kappa shape index (κ3) is 5.15. The van der Waals surface area contributed by atoms with Crippen molar-refractivity contribution in [3.8, 4) is 17.6 Å². The quantitative estimate of drug-likeness (QED) is 0.523. The molecule has 0 aliphatic heterocycles. The van der Waals surface area contributed by atoms with Gasteiger partial charge < -0.3 is 14.8 Å². The molecule has 0 radical (unpaired) electrons. The zero-order valence-electron chi connectivity index (χ0n) is 15.6. The summed E-state index contributed by atoms with van der Waals surface area (Å²) in [6, 6.07) is 15.7. The molecule has 3 aromatic rings. The van der Waals surface area contributed by atoms with E-state index in [-0.39, 0.29) is 0 Å². The Labute approximate surface area is 172 Å². The van der Waals surface area contributed by atoms with Gasteiger partial charge >= 0.3 is 0 Å². The van der Waals surface area contributed by atoms with Gasteiger partial charge in [0.15, 0.2) is 15.8 Å². The van der Waals surface area contributed by atoms with Crippen LogP contribution in [0.15, 0.2) is 46.8 Å². The fourth-order valence-corrected chi connectivity index (χ4v) is 4.37. The van der Waals surface area contributed by atoms with E-state index in [9.17, 15) is 0 Å². The molecule has 0 aliphatic rings. The molecular weight excluding hydrogens is 392 g/mol. The molecular formula is C20H20N4O2S2. The molecule has 1 heterocycles. The highest BCUT2D eigenvalue weighted by molar-refractivity contribution is 8.00. The van der Waals surface area contributed by atoms with Crippen LogP contribution in [0.3, 0.4) is 0 Å². The standard InChI is InChI=1S/C20H20N4O2S2/c1-25-17-8-7-14(11-18(17)26-2)9-10-22-19-23-24-20(28-19)27-13-16-6-4-3-5-15(16)12-21/h3-8,11H,9-10,13H2,1-2H3,(H,22,23). The first-order chi connectivity index (χ1) is 13.7. The summed E-state index contributed by atoms with van der Waals surface area (Å²) in [4.78, 5) is 0. The molecule has 0 aliphatic carbocycles. The molecule has 0 fully saturated rings. The van der Waals surface area contributed by atoms with Crippen LogP contribution in [-0.4, -0.2) is 31.0 Å². The van der Waals surface area contributed by atoms with E-state index < -0.39 is 0 Å². The zero-order chi connectivity index (χ0) is 19.8. The molecule has 0 spiro atoms. The van der Waals surface area contributed by atoms with Gasteiger partial charge in [-0.1, -0.05) is 47.4 Å². The van der Waals surface area contributed by atoms with Gasteiger partial charge in [-0.2, -0.15) is 5.26 Å². The van der Waals surface area contributed by atoms with E-state index in [0.29, 0.717) is 11.3 Å². The minimum absolute atomic E-state index is 0.698. The lowest BCUT2D eigenvalue weighted by molar-refractivity contribution is 0.354. The van der Waals surface area contributed by atoms with Gasteiger partial charge in [-0.25, -0.2) is 0 Å². The number of nitrogens with one attached hydrogen (secondary N) is 1. The SMILES string of the molecule is COc1ccc(CCNc2nnc(SCc3ccccc3C#N)s2)cc1OC. The van der Waals surface area contributed by atoms with Crippen LogP contribution in [0.4, 0.5) is 5.13 Å². The third-order valence-electron chi connectivity index (χ3n) is 4.03. The molecule has 0 amide bonds. The number of benzene rings is 2. The third-order valence-corrected chi connectivity index (χ3v) is 6.10. The first-order valence-corrected chi connectivity index (χ1v) is 10.4. The van der Waals surface area contributed by atoms with Gasteiger partial charge in [0.1, 0.15) is 0 Å². The van der Waals surface area contributed by atoms with Crippen molar-refractivity contribution < 1.29 is 9.47 Å². The molecule has 1 N–H and O–H groups in total. The number of aromatic nitrogens is 2. The largest absolute Gasteiger partial charge is 0.493 e. The van der Waals surface area contributed by atoms with Crippen molar-refractivity contribution in [2.45, 2.75) is 16.5 Å². The lowest BCUT2D eigenvalue weighted by atomic mass is 10.1. The molecule has 28 heavy (non-hydrogen) atoms. The van der Waals surface area contributed by atoms with Gasteiger partial charge in [-0.15, -0.1) is 10.2 Å². The van der Waals surface area contributed by atoms with E-state index in [1.807, 2.05) is 42.5 Å². The summed E-state index contributed by atoms with van der Waals surface area (Å²) in [7, 11) is 3.26. The van der Waals surface area contributed by atoms with Gasteiger partial charge in [-0.3, -0.25) is 0 Å². The Kier molecular flexibility index (Phi) is 7.12. The highest BCUT2D eigenvalue weighted by Crippen LogP contribution is 2.30. The average Bonchev–Trinajstić information content (AvgIpc) is 3.20.